The van der Waals surface area contributed by atoms with Crippen LogP contribution in [0, 0.1) is 0 Å². The van der Waals surface area contributed by atoms with Crippen molar-refractivity contribution < 1.29 is 9.59 Å². The van der Waals surface area contributed by atoms with E-state index >= 15 is 0 Å². The lowest BCUT2D eigenvalue weighted by atomic mass is 9.95. The molecule has 2 aromatic heterocycles. The van der Waals surface area contributed by atoms with Crippen LogP contribution in [-0.2, 0) is 6.54 Å². The van der Waals surface area contributed by atoms with Crippen molar-refractivity contribution in [1.29, 1.82) is 0 Å². The van der Waals surface area contributed by atoms with Crippen LogP contribution in [0.1, 0.15) is 76.7 Å². The van der Waals surface area contributed by atoms with E-state index in [-0.39, 0.29) is 29.6 Å². The van der Waals surface area contributed by atoms with E-state index < -0.39 is 11.3 Å². The molecule has 8 heteroatoms. The molecule has 7 nitrogen and oxygen atoms in total. The van der Waals surface area contributed by atoms with Crippen LogP contribution in [0.2, 0.25) is 0 Å². The molecule has 0 spiro atoms. The van der Waals surface area contributed by atoms with Gasteiger partial charge in [0, 0.05) is 31.5 Å². The SMILES string of the molecule is O=C(NCc1nc2ccccc2s1)c1cn(C2CCCCC2)cc(C(=O)N2CCCC2)c1=O. The smallest absolute Gasteiger partial charge is 0.259 e. The molecule has 1 aliphatic heterocycles. The monoisotopic (exact) mass is 464 g/mol. The summed E-state index contributed by atoms with van der Waals surface area (Å²) >= 11 is 1.52. The first-order chi connectivity index (χ1) is 16.1. The van der Waals surface area contributed by atoms with Crippen molar-refractivity contribution in [2.24, 2.45) is 0 Å². The van der Waals surface area contributed by atoms with Gasteiger partial charge in [-0.15, -0.1) is 11.3 Å². The molecule has 0 atom stereocenters. The molecule has 2 aliphatic rings. The number of para-hydroxylation sites is 1. The number of likely N-dealkylation sites (tertiary alicyclic amines) is 1. The van der Waals surface area contributed by atoms with Gasteiger partial charge in [-0.2, -0.15) is 0 Å². The minimum absolute atomic E-state index is 0.0340. The number of rotatable bonds is 5. The first kappa shape index (κ1) is 21.8. The highest BCUT2D eigenvalue weighted by Crippen LogP contribution is 2.28. The lowest BCUT2D eigenvalue weighted by Gasteiger charge is -2.26. The summed E-state index contributed by atoms with van der Waals surface area (Å²) in [5.41, 5.74) is 0.548. The van der Waals surface area contributed by atoms with Crippen molar-refractivity contribution in [1.82, 2.24) is 19.8 Å². The van der Waals surface area contributed by atoms with E-state index in [0.29, 0.717) is 13.1 Å². The van der Waals surface area contributed by atoms with E-state index in [2.05, 4.69) is 10.3 Å². The zero-order chi connectivity index (χ0) is 22.8. The lowest BCUT2D eigenvalue weighted by Crippen LogP contribution is -2.37. The number of thiazole rings is 1. The quantitative estimate of drug-likeness (QED) is 0.615. The molecular weight excluding hydrogens is 436 g/mol. The molecule has 1 aliphatic carbocycles. The zero-order valence-electron chi connectivity index (χ0n) is 18.6. The number of carbonyl (C=O) groups is 2. The molecule has 0 unspecified atom stereocenters. The van der Waals surface area contributed by atoms with Crippen molar-refractivity contribution in [3.8, 4) is 0 Å². The molecule has 0 bridgehead atoms. The molecule has 1 aromatic carbocycles. The first-order valence-electron chi connectivity index (χ1n) is 11.8. The molecule has 0 radical (unpaired) electrons. The topological polar surface area (TPSA) is 84.3 Å². The Morgan fingerprint density at radius 1 is 1.00 bits per heavy atom. The van der Waals surface area contributed by atoms with E-state index in [1.165, 1.54) is 17.8 Å². The van der Waals surface area contributed by atoms with E-state index in [4.69, 9.17) is 0 Å². The highest BCUT2D eigenvalue weighted by Gasteiger charge is 2.27. The van der Waals surface area contributed by atoms with Gasteiger partial charge in [-0.1, -0.05) is 31.4 Å². The molecular formula is C25H28N4O3S. The predicted molar refractivity (Wildman–Crippen MR) is 129 cm³/mol. The van der Waals surface area contributed by atoms with Gasteiger partial charge >= 0.3 is 0 Å². The van der Waals surface area contributed by atoms with Gasteiger partial charge in [0.05, 0.1) is 16.8 Å². The van der Waals surface area contributed by atoms with Gasteiger partial charge in [-0.25, -0.2) is 4.98 Å². The second kappa shape index (κ2) is 9.47. The molecule has 2 fully saturated rings. The number of nitrogens with zero attached hydrogens (tertiary/aromatic N) is 3. The first-order valence-corrected chi connectivity index (χ1v) is 12.6. The fourth-order valence-corrected chi connectivity index (χ4v) is 5.75. The summed E-state index contributed by atoms with van der Waals surface area (Å²) < 4.78 is 3.00. The average Bonchev–Trinajstić information content (AvgIpc) is 3.53. The number of aromatic nitrogens is 2. The Bertz CT molecular complexity index is 1200. The van der Waals surface area contributed by atoms with E-state index in [1.54, 1.807) is 17.3 Å². The van der Waals surface area contributed by atoms with Crippen LogP contribution in [0.25, 0.3) is 10.2 Å². The van der Waals surface area contributed by atoms with Crippen molar-refractivity contribution in [3.05, 3.63) is 63.0 Å². The van der Waals surface area contributed by atoms with Crippen molar-refractivity contribution in [3.63, 3.8) is 0 Å². The fourth-order valence-electron chi connectivity index (χ4n) is 4.84. The van der Waals surface area contributed by atoms with E-state index in [9.17, 15) is 14.4 Å². The summed E-state index contributed by atoms with van der Waals surface area (Å²) in [4.78, 5) is 45.8. The maximum Gasteiger partial charge on any atom is 0.259 e. The van der Waals surface area contributed by atoms with Gasteiger partial charge in [-0.05, 0) is 37.8 Å². The molecule has 1 N–H and O–H groups in total. The maximum atomic E-state index is 13.3. The zero-order valence-corrected chi connectivity index (χ0v) is 19.4. The molecule has 2 amide bonds. The van der Waals surface area contributed by atoms with Crippen LogP contribution in [0.4, 0.5) is 0 Å². The standard InChI is InChI=1S/C25H28N4O3S/c30-23-18(24(31)26-14-22-27-20-10-4-5-11-21(20)33-22)15-29(17-8-2-1-3-9-17)16-19(23)25(32)28-12-6-7-13-28/h4-5,10-11,15-17H,1-3,6-9,12-14H2,(H,26,31). The molecule has 5 rings (SSSR count). The number of hydrogen-bond acceptors (Lipinski definition) is 5. The Balaban J connectivity index is 1.43. The summed E-state index contributed by atoms with van der Waals surface area (Å²) in [7, 11) is 0. The minimum Gasteiger partial charge on any atom is -0.349 e. The molecule has 33 heavy (non-hydrogen) atoms. The Kier molecular flexibility index (Phi) is 6.26. The number of amides is 2. The largest absolute Gasteiger partial charge is 0.349 e. The van der Waals surface area contributed by atoms with Crippen LogP contribution in [0.15, 0.2) is 41.5 Å². The summed E-state index contributed by atoms with van der Waals surface area (Å²) in [5, 5.41) is 3.63. The normalized spacial score (nSPS) is 16.9. The minimum atomic E-state index is -0.485. The summed E-state index contributed by atoms with van der Waals surface area (Å²) in [6, 6.07) is 8.03. The van der Waals surface area contributed by atoms with Gasteiger partial charge in [-0.3, -0.25) is 14.4 Å². The number of nitrogens with one attached hydrogen (secondary N) is 1. The van der Waals surface area contributed by atoms with Crippen molar-refractivity contribution in [2.45, 2.75) is 57.5 Å². The number of pyridine rings is 1. The summed E-state index contributed by atoms with van der Waals surface area (Å²) in [6.07, 6.45) is 10.6. The highest BCUT2D eigenvalue weighted by molar-refractivity contribution is 7.18. The Morgan fingerprint density at radius 3 is 2.48 bits per heavy atom. The average molecular weight is 465 g/mol. The molecule has 1 saturated heterocycles. The molecule has 172 valence electrons. The van der Waals surface area contributed by atoms with E-state index in [1.807, 2.05) is 28.8 Å². The van der Waals surface area contributed by atoms with Crippen molar-refractivity contribution >= 4 is 33.4 Å². The third kappa shape index (κ3) is 4.57. The Labute approximate surface area is 196 Å². The number of benzene rings is 1. The highest BCUT2D eigenvalue weighted by atomic mass is 32.1. The molecule has 3 aromatic rings. The van der Waals surface area contributed by atoms with E-state index in [0.717, 1.165) is 53.7 Å². The van der Waals surface area contributed by atoms with Crippen LogP contribution in [-0.4, -0.2) is 39.4 Å². The molecule has 1 saturated carbocycles. The third-order valence-corrected chi connectivity index (χ3v) is 7.68. The van der Waals surface area contributed by atoms with Crippen molar-refractivity contribution in [2.75, 3.05) is 13.1 Å². The van der Waals surface area contributed by atoms with Crippen LogP contribution >= 0.6 is 11.3 Å². The predicted octanol–water partition coefficient (Wildman–Crippen LogP) is 4.13. The van der Waals surface area contributed by atoms with Gasteiger partial charge in [0.25, 0.3) is 11.8 Å². The third-order valence-electron chi connectivity index (χ3n) is 6.65. The second-order valence-corrected chi connectivity index (χ2v) is 10.0. The maximum absolute atomic E-state index is 13.3. The number of fused-ring (bicyclic) bond motifs is 1. The van der Waals surface area contributed by atoms with Crippen LogP contribution in [0.5, 0.6) is 0 Å². The molecule has 3 heterocycles. The van der Waals surface area contributed by atoms with Gasteiger partial charge in [0.2, 0.25) is 5.43 Å². The second-order valence-electron chi connectivity index (χ2n) is 8.91. The number of carbonyl (C=O) groups excluding carboxylic acids is 2. The van der Waals surface area contributed by atoms with Crippen LogP contribution < -0.4 is 10.7 Å². The Hall–Kier alpha value is -3.00. The Morgan fingerprint density at radius 2 is 1.73 bits per heavy atom. The fraction of sp³-hybridized carbons (Fsp3) is 0.440. The number of hydrogen-bond donors (Lipinski definition) is 1. The van der Waals surface area contributed by atoms with Gasteiger partial charge in [0.1, 0.15) is 16.1 Å². The lowest BCUT2D eigenvalue weighted by molar-refractivity contribution is 0.0790. The van der Waals surface area contributed by atoms with Crippen LogP contribution in [0.3, 0.4) is 0 Å². The van der Waals surface area contributed by atoms with Gasteiger partial charge < -0.3 is 14.8 Å². The summed E-state index contributed by atoms with van der Waals surface area (Å²) in [6.45, 7) is 1.57. The van der Waals surface area contributed by atoms with Gasteiger partial charge in [0.15, 0.2) is 0 Å². The summed E-state index contributed by atoms with van der Waals surface area (Å²) in [5.74, 6) is -0.720.